The lowest BCUT2D eigenvalue weighted by Crippen LogP contribution is -2.47. The van der Waals surface area contributed by atoms with E-state index < -0.39 is 0 Å². The molecule has 1 fully saturated rings. The maximum Gasteiger partial charge on any atom is 0.219 e. The molecule has 1 N–H and O–H groups in total. The van der Waals surface area contributed by atoms with Gasteiger partial charge in [0.2, 0.25) is 5.91 Å². The van der Waals surface area contributed by atoms with Crippen LogP contribution < -0.4 is 0 Å². The Morgan fingerprint density at radius 1 is 1.75 bits per heavy atom. The fourth-order valence-corrected chi connectivity index (χ4v) is 1.43. The Labute approximate surface area is 70.6 Å². The van der Waals surface area contributed by atoms with Crippen LogP contribution in [-0.2, 0) is 4.79 Å². The molecule has 0 unspecified atom stereocenters. The molecule has 1 saturated heterocycles. The van der Waals surface area contributed by atoms with Gasteiger partial charge in [-0.05, 0) is 6.07 Å². The zero-order chi connectivity index (χ0) is 8.55. The Bertz CT molecular complexity index is 275. The molecule has 4 heteroatoms. The average Bonchev–Trinajstić information content (AvgIpc) is 2.34. The number of hydrogen-bond donors (Lipinski definition) is 1. The fraction of sp³-hybridized carbons (Fsp3) is 0.500. The van der Waals surface area contributed by atoms with Crippen molar-refractivity contribution in [1.29, 1.82) is 0 Å². The first-order valence-electron chi connectivity index (χ1n) is 4.02. The van der Waals surface area contributed by atoms with Crippen LogP contribution in [0.3, 0.4) is 0 Å². The third kappa shape index (κ3) is 1.09. The molecule has 2 heterocycles. The van der Waals surface area contributed by atoms with Crippen LogP contribution >= 0.6 is 0 Å². The number of likely N-dealkylation sites (tertiary alicyclic amines) is 1. The van der Waals surface area contributed by atoms with Crippen molar-refractivity contribution in [2.24, 2.45) is 0 Å². The van der Waals surface area contributed by atoms with Gasteiger partial charge in [-0.2, -0.15) is 5.10 Å². The molecule has 0 saturated carbocycles. The minimum Gasteiger partial charge on any atom is -0.341 e. The second-order valence-electron chi connectivity index (χ2n) is 3.13. The van der Waals surface area contributed by atoms with Gasteiger partial charge in [0.15, 0.2) is 0 Å². The fourth-order valence-electron chi connectivity index (χ4n) is 1.43. The molecule has 4 nitrogen and oxygen atoms in total. The van der Waals surface area contributed by atoms with E-state index in [0.717, 1.165) is 18.8 Å². The van der Waals surface area contributed by atoms with E-state index in [-0.39, 0.29) is 5.91 Å². The van der Waals surface area contributed by atoms with Crippen LogP contribution in [0, 0.1) is 0 Å². The van der Waals surface area contributed by atoms with Gasteiger partial charge in [0.05, 0.1) is 0 Å². The van der Waals surface area contributed by atoms with Gasteiger partial charge in [-0.15, -0.1) is 0 Å². The quantitative estimate of drug-likeness (QED) is 0.653. The second kappa shape index (κ2) is 2.62. The summed E-state index contributed by atoms with van der Waals surface area (Å²) in [4.78, 5) is 12.7. The number of carbonyl (C=O) groups excluding carboxylic acids is 1. The highest BCUT2D eigenvalue weighted by atomic mass is 16.2. The van der Waals surface area contributed by atoms with Crippen LogP contribution in [-0.4, -0.2) is 34.1 Å². The van der Waals surface area contributed by atoms with Crippen molar-refractivity contribution in [1.82, 2.24) is 15.1 Å². The Balaban J connectivity index is 1.94. The first-order valence-corrected chi connectivity index (χ1v) is 4.02. The van der Waals surface area contributed by atoms with Crippen LogP contribution in [0.2, 0.25) is 0 Å². The number of amides is 1. The molecular weight excluding hydrogens is 154 g/mol. The summed E-state index contributed by atoms with van der Waals surface area (Å²) in [7, 11) is 0. The molecule has 0 spiro atoms. The first kappa shape index (κ1) is 7.34. The van der Waals surface area contributed by atoms with Gasteiger partial charge in [-0.1, -0.05) is 0 Å². The molecule has 64 valence electrons. The Morgan fingerprint density at radius 3 is 3.00 bits per heavy atom. The summed E-state index contributed by atoms with van der Waals surface area (Å²) in [5, 5.41) is 6.78. The van der Waals surface area contributed by atoms with Gasteiger partial charge in [-0.25, -0.2) is 0 Å². The van der Waals surface area contributed by atoms with E-state index in [1.54, 1.807) is 13.1 Å². The van der Waals surface area contributed by atoms with Crippen molar-refractivity contribution in [3.8, 4) is 0 Å². The molecule has 0 aliphatic carbocycles. The van der Waals surface area contributed by atoms with Gasteiger partial charge in [-0.3, -0.25) is 9.89 Å². The van der Waals surface area contributed by atoms with E-state index in [2.05, 4.69) is 10.2 Å². The van der Waals surface area contributed by atoms with E-state index >= 15 is 0 Å². The van der Waals surface area contributed by atoms with E-state index in [9.17, 15) is 4.79 Å². The highest BCUT2D eigenvalue weighted by Gasteiger charge is 2.30. The number of nitrogens with zero attached hydrogens (tertiary/aromatic N) is 2. The highest BCUT2D eigenvalue weighted by Crippen LogP contribution is 2.24. The summed E-state index contributed by atoms with van der Waals surface area (Å²) in [5.41, 5.74) is 1.13. The van der Waals surface area contributed by atoms with E-state index in [1.807, 2.05) is 11.0 Å². The molecule has 0 radical (unpaired) electrons. The zero-order valence-electron chi connectivity index (χ0n) is 6.95. The average molecular weight is 165 g/mol. The maximum absolute atomic E-state index is 10.8. The minimum absolute atomic E-state index is 0.158. The molecule has 1 amide bonds. The molecule has 0 aromatic carbocycles. The van der Waals surface area contributed by atoms with Crippen LogP contribution in [0.4, 0.5) is 0 Å². The molecule has 1 aliphatic heterocycles. The number of aromatic nitrogens is 2. The van der Waals surface area contributed by atoms with Crippen LogP contribution in [0.25, 0.3) is 0 Å². The Kier molecular flexibility index (Phi) is 1.60. The van der Waals surface area contributed by atoms with Gasteiger partial charge in [0, 0.05) is 37.8 Å². The Hall–Kier alpha value is -1.32. The number of nitrogens with one attached hydrogen (secondary N) is 1. The lowest BCUT2D eigenvalue weighted by atomic mass is 9.97. The summed E-state index contributed by atoms with van der Waals surface area (Å²) in [6.45, 7) is 3.26. The summed E-state index contributed by atoms with van der Waals surface area (Å²) >= 11 is 0. The third-order valence-corrected chi connectivity index (χ3v) is 2.29. The normalized spacial score (nSPS) is 17.6. The number of H-pyrrole nitrogens is 1. The lowest BCUT2D eigenvalue weighted by molar-refractivity contribution is -0.133. The van der Waals surface area contributed by atoms with E-state index in [0.29, 0.717) is 5.92 Å². The lowest BCUT2D eigenvalue weighted by Gasteiger charge is -2.37. The van der Waals surface area contributed by atoms with Crippen molar-refractivity contribution in [2.45, 2.75) is 12.8 Å². The molecular formula is C8H11N3O. The SMILES string of the molecule is CC(=O)N1CC(c2ccn[nH]2)C1. The molecule has 2 rings (SSSR count). The number of rotatable bonds is 1. The monoisotopic (exact) mass is 165 g/mol. The predicted molar refractivity (Wildman–Crippen MR) is 43.6 cm³/mol. The summed E-state index contributed by atoms with van der Waals surface area (Å²) in [6, 6.07) is 1.96. The van der Waals surface area contributed by atoms with Crippen LogP contribution in [0.5, 0.6) is 0 Å². The van der Waals surface area contributed by atoms with Crippen molar-refractivity contribution < 1.29 is 4.79 Å². The molecule has 12 heavy (non-hydrogen) atoms. The summed E-state index contributed by atoms with van der Waals surface area (Å²) in [6.07, 6.45) is 1.74. The van der Waals surface area contributed by atoms with Gasteiger partial charge in [0.1, 0.15) is 0 Å². The molecule has 1 aromatic rings. The van der Waals surface area contributed by atoms with Crippen molar-refractivity contribution in [3.05, 3.63) is 18.0 Å². The molecule has 0 atom stereocenters. The Morgan fingerprint density at radius 2 is 2.50 bits per heavy atom. The van der Waals surface area contributed by atoms with Gasteiger partial charge < -0.3 is 4.90 Å². The molecule has 1 aromatic heterocycles. The summed E-state index contributed by atoms with van der Waals surface area (Å²) in [5.74, 6) is 0.627. The standard InChI is InChI=1S/C8H11N3O/c1-6(12)11-4-7(5-11)8-2-3-9-10-8/h2-3,7H,4-5H2,1H3,(H,9,10). The molecule has 1 aliphatic rings. The number of hydrogen-bond acceptors (Lipinski definition) is 2. The third-order valence-electron chi connectivity index (χ3n) is 2.29. The second-order valence-corrected chi connectivity index (χ2v) is 3.13. The largest absolute Gasteiger partial charge is 0.341 e. The number of carbonyl (C=O) groups is 1. The van der Waals surface area contributed by atoms with Crippen molar-refractivity contribution in [3.63, 3.8) is 0 Å². The number of aromatic amines is 1. The predicted octanol–water partition coefficient (Wildman–Crippen LogP) is 0.355. The van der Waals surface area contributed by atoms with Crippen LogP contribution in [0.1, 0.15) is 18.5 Å². The van der Waals surface area contributed by atoms with E-state index in [1.165, 1.54) is 0 Å². The zero-order valence-corrected chi connectivity index (χ0v) is 6.95. The van der Waals surface area contributed by atoms with E-state index in [4.69, 9.17) is 0 Å². The molecule has 0 bridgehead atoms. The van der Waals surface area contributed by atoms with Gasteiger partial charge >= 0.3 is 0 Å². The first-order chi connectivity index (χ1) is 5.77. The summed E-state index contributed by atoms with van der Waals surface area (Å²) < 4.78 is 0. The van der Waals surface area contributed by atoms with Gasteiger partial charge in [0.25, 0.3) is 0 Å². The van der Waals surface area contributed by atoms with Crippen molar-refractivity contribution in [2.75, 3.05) is 13.1 Å². The topological polar surface area (TPSA) is 49.0 Å². The maximum atomic E-state index is 10.8. The highest BCUT2D eigenvalue weighted by molar-refractivity contribution is 5.74. The van der Waals surface area contributed by atoms with Crippen molar-refractivity contribution >= 4 is 5.91 Å². The van der Waals surface area contributed by atoms with Crippen LogP contribution in [0.15, 0.2) is 12.3 Å². The minimum atomic E-state index is 0.158. The smallest absolute Gasteiger partial charge is 0.219 e.